The molecule has 12 heteroatoms. The summed E-state index contributed by atoms with van der Waals surface area (Å²) < 4.78 is 60.3. The Kier molecular flexibility index (Phi) is 13.9. The molecule has 0 atom stereocenters. The van der Waals surface area contributed by atoms with Crippen LogP contribution in [0.2, 0.25) is 0 Å². The molecule has 0 heterocycles. The number of ether oxygens (including phenoxy) is 2. The lowest BCUT2D eigenvalue weighted by Crippen LogP contribution is -2.38. The van der Waals surface area contributed by atoms with E-state index in [9.17, 15) is 17.2 Å². The molecule has 0 bridgehead atoms. The van der Waals surface area contributed by atoms with Crippen LogP contribution in [0.3, 0.4) is 0 Å². The fourth-order valence-corrected chi connectivity index (χ4v) is 3.31. The molecule has 1 aromatic carbocycles. The van der Waals surface area contributed by atoms with Crippen LogP contribution < -0.4 is 20.1 Å². The van der Waals surface area contributed by atoms with Gasteiger partial charge in [0.05, 0.1) is 12.4 Å². The molecular weight excluding hydrogens is 533 g/mol. The molecule has 2 N–H and O–H groups in total. The average Bonchev–Trinajstić information content (AvgIpc) is 2.68. The van der Waals surface area contributed by atoms with Crippen molar-refractivity contribution in [2.75, 3.05) is 39.5 Å². The summed E-state index contributed by atoms with van der Waals surface area (Å²) in [6.07, 6.45) is 0.579. The van der Waals surface area contributed by atoms with E-state index in [-0.39, 0.29) is 47.8 Å². The number of rotatable bonds is 12. The number of guanidine groups is 1. The van der Waals surface area contributed by atoms with Gasteiger partial charge < -0.3 is 20.1 Å². The molecular formula is C18H31F2IN4O4S. The third kappa shape index (κ3) is 9.60. The molecule has 174 valence electrons. The van der Waals surface area contributed by atoms with E-state index in [0.29, 0.717) is 37.6 Å². The number of para-hydroxylation sites is 1. The van der Waals surface area contributed by atoms with Gasteiger partial charge >= 0.3 is 6.61 Å². The molecule has 0 unspecified atom stereocenters. The van der Waals surface area contributed by atoms with Crippen molar-refractivity contribution in [1.29, 1.82) is 0 Å². The predicted octanol–water partition coefficient (Wildman–Crippen LogP) is 2.64. The van der Waals surface area contributed by atoms with Crippen LogP contribution >= 0.6 is 24.0 Å². The predicted molar refractivity (Wildman–Crippen MR) is 125 cm³/mol. The maximum atomic E-state index is 12.8. The summed E-state index contributed by atoms with van der Waals surface area (Å²) in [6.45, 7) is 1.76. The lowest BCUT2D eigenvalue weighted by atomic mass is 10.2. The van der Waals surface area contributed by atoms with E-state index in [1.54, 1.807) is 46.1 Å². The van der Waals surface area contributed by atoms with Crippen molar-refractivity contribution in [3.63, 3.8) is 0 Å². The van der Waals surface area contributed by atoms with E-state index in [0.717, 1.165) is 0 Å². The van der Waals surface area contributed by atoms with Crippen LogP contribution in [0.15, 0.2) is 23.2 Å². The Balaban J connectivity index is 0.00000841. The molecule has 1 rings (SSSR count). The summed E-state index contributed by atoms with van der Waals surface area (Å²) >= 11 is 0. The first-order valence-corrected chi connectivity index (χ1v) is 10.9. The topological polar surface area (TPSA) is 92.3 Å². The summed E-state index contributed by atoms with van der Waals surface area (Å²) in [5, 5.41) is 6.09. The number of nitrogens with one attached hydrogen (secondary N) is 2. The molecule has 30 heavy (non-hydrogen) atoms. The van der Waals surface area contributed by atoms with E-state index in [4.69, 9.17) is 4.74 Å². The smallest absolute Gasteiger partial charge is 0.387 e. The van der Waals surface area contributed by atoms with Gasteiger partial charge in [-0.3, -0.25) is 4.99 Å². The molecule has 0 spiro atoms. The number of hydrogen-bond donors (Lipinski definition) is 2. The number of halogens is 3. The van der Waals surface area contributed by atoms with E-state index in [2.05, 4.69) is 20.4 Å². The number of sulfonamides is 1. The zero-order chi connectivity index (χ0) is 21.9. The number of alkyl halides is 2. The quantitative estimate of drug-likeness (QED) is 0.176. The Hall–Kier alpha value is -1.41. The zero-order valence-corrected chi connectivity index (χ0v) is 20.8. The van der Waals surface area contributed by atoms with Gasteiger partial charge in [0.2, 0.25) is 10.0 Å². The first kappa shape index (κ1) is 28.6. The van der Waals surface area contributed by atoms with Gasteiger partial charge in [0.1, 0.15) is 0 Å². The monoisotopic (exact) mass is 564 g/mol. The third-order valence-electron chi connectivity index (χ3n) is 4.02. The Bertz CT molecular complexity index is 767. The summed E-state index contributed by atoms with van der Waals surface area (Å²) in [5.41, 5.74) is 0.493. The molecule has 1 aromatic rings. The molecule has 0 radical (unpaired) electrons. The van der Waals surface area contributed by atoms with Crippen LogP contribution in [0.4, 0.5) is 8.78 Å². The molecule has 0 aromatic heterocycles. The minimum atomic E-state index is -3.20. The van der Waals surface area contributed by atoms with Crippen LogP contribution in [-0.4, -0.2) is 64.8 Å². The summed E-state index contributed by atoms with van der Waals surface area (Å²) in [5.74, 6) is 0.744. The standard InChI is InChI=1S/C18H30F2N4O4S.HI/c1-5-27-15-10-7-9-14(16(15)28-17(19)20)13-23-18(21-3)22-11-8-12-24(4)29(25,26)6-2;/h7,9-10,17H,5-6,8,11-13H2,1-4H3,(H2,21,22,23);1H. The molecule has 0 saturated heterocycles. The lowest BCUT2D eigenvalue weighted by Gasteiger charge is -2.18. The highest BCUT2D eigenvalue weighted by atomic mass is 127. The van der Waals surface area contributed by atoms with Crippen LogP contribution in [-0.2, 0) is 16.6 Å². The molecule has 0 fully saturated rings. The fraction of sp³-hybridized carbons (Fsp3) is 0.611. The van der Waals surface area contributed by atoms with Gasteiger partial charge in [-0.25, -0.2) is 12.7 Å². The van der Waals surface area contributed by atoms with Gasteiger partial charge in [-0.05, 0) is 26.3 Å². The normalized spacial score (nSPS) is 11.9. The van der Waals surface area contributed by atoms with Crippen molar-refractivity contribution in [2.45, 2.75) is 33.4 Å². The first-order chi connectivity index (χ1) is 13.7. The van der Waals surface area contributed by atoms with Crippen molar-refractivity contribution in [2.24, 2.45) is 4.99 Å². The second-order valence-electron chi connectivity index (χ2n) is 5.98. The SMILES string of the molecule is CCOc1cccc(CNC(=NC)NCCCN(C)S(=O)(=O)CC)c1OC(F)F.I. The third-order valence-corrected chi connectivity index (χ3v) is 5.88. The van der Waals surface area contributed by atoms with E-state index >= 15 is 0 Å². The number of nitrogens with zero attached hydrogens (tertiary/aromatic N) is 2. The lowest BCUT2D eigenvalue weighted by molar-refractivity contribution is -0.0520. The fourth-order valence-electron chi connectivity index (χ4n) is 2.46. The van der Waals surface area contributed by atoms with Crippen LogP contribution in [0.25, 0.3) is 0 Å². The van der Waals surface area contributed by atoms with E-state index in [1.807, 2.05) is 0 Å². The summed E-state index contributed by atoms with van der Waals surface area (Å²) in [6, 6.07) is 4.92. The maximum Gasteiger partial charge on any atom is 0.387 e. The highest BCUT2D eigenvalue weighted by molar-refractivity contribution is 14.0. The van der Waals surface area contributed by atoms with Gasteiger partial charge in [-0.15, -0.1) is 24.0 Å². The highest BCUT2D eigenvalue weighted by Crippen LogP contribution is 2.32. The van der Waals surface area contributed by atoms with Gasteiger partial charge in [-0.2, -0.15) is 8.78 Å². The van der Waals surface area contributed by atoms with Crippen molar-refractivity contribution >= 4 is 40.0 Å². The Morgan fingerprint density at radius 3 is 2.53 bits per heavy atom. The maximum absolute atomic E-state index is 12.8. The van der Waals surface area contributed by atoms with E-state index in [1.165, 1.54) is 4.31 Å². The van der Waals surface area contributed by atoms with Gasteiger partial charge in [0.25, 0.3) is 0 Å². The van der Waals surface area contributed by atoms with Crippen molar-refractivity contribution < 1.29 is 26.7 Å². The number of hydrogen-bond acceptors (Lipinski definition) is 5. The molecule has 0 aliphatic rings. The second-order valence-corrected chi connectivity index (χ2v) is 8.35. The first-order valence-electron chi connectivity index (χ1n) is 9.33. The Morgan fingerprint density at radius 2 is 1.97 bits per heavy atom. The minimum absolute atomic E-state index is 0. The zero-order valence-electron chi connectivity index (χ0n) is 17.7. The second kappa shape index (κ2) is 14.6. The minimum Gasteiger partial charge on any atom is -0.490 e. The molecule has 0 aliphatic carbocycles. The van der Waals surface area contributed by atoms with Crippen LogP contribution in [0, 0.1) is 0 Å². The number of benzene rings is 1. The average molecular weight is 564 g/mol. The molecule has 0 amide bonds. The van der Waals surface area contributed by atoms with Crippen molar-refractivity contribution in [3.05, 3.63) is 23.8 Å². The highest BCUT2D eigenvalue weighted by Gasteiger charge is 2.16. The Labute approximate surface area is 194 Å². The Morgan fingerprint density at radius 1 is 1.27 bits per heavy atom. The van der Waals surface area contributed by atoms with Gasteiger partial charge in [0, 0.05) is 39.3 Å². The summed E-state index contributed by atoms with van der Waals surface area (Å²) in [4.78, 5) is 4.08. The molecule has 8 nitrogen and oxygen atoms in total. The summed E-state index contributed by atoms with van der Waals surface area (Å²) in [7, 11) is -0.0787. The molecule has 0 aliphatic heterocycles. The molecule has 0 saturated carbocycles. The van der Waals surface area contributed by atoms with Crippen LogP contribution in [0.5, 0.6) is 11.5 Å². The van der Waals surface area contributed by atoms with Crippen molar-refractivity contribution in [1.82, 2.24) is 14.9 Å². The van der Waals surface area contributed by atoms with Crippen molar-refractivity contribution in [3.8, 4) is 11.5 Å². The van der Waals surface area contributed by atoms with Gasteiger partial charge in [0.15, 0.2) is 17.5 Å². The van der Waals surface area contributed by atoms with E-state index < -0.39 is 16.6 Å². The van der Waals surface area contributed by atoms with Crippen LogP contribution in [0.1, 0.15) is 25.8 Å². The van der Waals surface area contributed by atoms with Gasteiger partial charge in [-0.1, -0.05) is 12.1 Å². The number of aliphatic imine (C=N–C) groups is 1. The largest absolute Gasteiger partial charge is 0.490 e.